The van der Waals surface area contributed by atoms with E-state index in [1.165, 1.54) is 6.08 Å². The quantitative estimate of drug-likeness (QED) is 0.343. The third-order valence-corrected chi connectivity index (χ3v) is 4.05. The number of nitrogens with one attached hydrogen (secondary N) is 1. The molecule has 1 aromatic carbocycles. The van der Waals surface area contributed by atoms with E-state index in [9.17, 15) is 9.59 Å². The van der Waals surface area contributed by atoms with Gasteiger partial charge < -0.3 is 19.5 Å². The standard InChI is InChI=1S/C22H29N3O5/c1-5-7-12-29-18-10-8-17(14-19(18)28-6-2)9-11-22(27)30-15-21(26)23-20-13-16(3)24-25(20)4/h8-11,13-14H,5-7,12,15H2,1-4H3,(H,23,26)/b11-9+. The summed E-state index contributed by atoms with van der Waals surface area (Å²) in [6, 6.07) is 7.16. The molecule has 0 bridgehead atoms. The molecule has 2 rings (SSSR count). The third kappa shape index (κ3) is 7.27. The second-order valence-electron chi connectivity index (χ2n) is 6.62. The first-order valence-electron chi connectivity index (χ1n) is 9.97. The van der Waals surface area contributed by atoms with Crippen LogP contribution in [-0.4, -0.2) is 41.5 Å². The van der Waals surface area contributed by atoms with E-state index >= 15 is 0 Å². The molecule has 0 unspecified atom stereocenters. The van der Waals surface area contributed by atoms with Crippen LogP contribution in [0.2, 0.25) is 0 Å². The van der Waals surface area contributed by atoms with Crippen LogP contribution in [0.1, 0.15) is 37.9 Å². The Bertz CT molecular complexity index is 889. The lowest BCUT2D eigenvalue weighted by atomic mass is 10.2. The molecule has 1 amide bonds. The highest BCUT2D eigenvalue weighted by molar-refractivity contribution is 5.94. The summed E-state index contributed by atoms with van der Waals surface area (Å²) in [7, 11) is 1.72. The normalized spacial score (nSPS) is 10.8. The summed E-state index contributed by atoms with van der Waals surface area (Å²) in [5, 5.41) is 6.77. The van der Waals surface area contributed by atoms with Gasteiger partial charge in [-0.2, -0.15) is 5.10 Å². The number of benzene rings is 1. The lowest BCUT2D eigenvalue weighted by Gasteiger charge is -2.12. The molecule has 30 heavy (non-hydrogen) atoms. The summed E-state index contributed by atoms with van der Waals surface area (Å²) in [6.45, 7) is 6.56. The molecule has 1 N–H and O–H groups in total. The van der Waals surface area contributed by atoms with Crippen molar-refractivity contribution in [2.45, 2.75) is 33.6 Å². The first-order valence-corrected chi connectivity index (χ1v) is 9.97. The second-order valence-corrected chi connectivity index (χ2v) is 6.62. The van der Waals surface area contributed by atoms with Gasteiger partial charge in [0.15, 0.2) is 18.1 Å². The Kier molecular flexibility index (Phi) is 8.93. The molecule has 0 radical (unpaired) electrons. The van der Waals surface area contributed by atoms with Crippen molar-refractivity contribution in [3.05, 3.63) is 41.6 Å². The van der Waals surface area contributed by atoms with Gasteiger partial charge in [0, 0.05) is 19.2 Å². The fourth-order valence-electron chi connectivity index (χ4n) is 2.60. The predicted octanol–water partition coefficient (Wildman–Crippen LogP) is 3.50. The molecule has 0 aliphatic rings. The van der Waals surface area contributed by atoms with Crippen molar-refractivity contribution in [3.63, 3.8) is 0 Å². The van der Waals surface area contributed by atoms with Crippen LogP contribution in [0.15, 0.2) is 30.3 Å². The molecule has 0 saturated heterocycles. The summed E-state index contributed by atoms with van der Waals surface area (Å²) < 4.78 is 17.9. The molecular formula is C22H29N3O5. The summed E-state index contributed by atoms with van der Waals surface area (Å²) >= 11 is 0. The number of ether oxygens (including phenoxy) is 3. The van der Waals surface area contributed by atoms with Gasteiger partial charge in [0.1, 0.15) is 5.82 Å². The summed E-state index contributed by atoms with van der Waals surface area (Å²) in [4.78, 5) is 23.9. The third-order valence-electron chi connectivity index (χ3n) is 4.05. The summed E-state index contributed by atoms with van der Waals surface area (Å²) in [5.74, 6) is 0.774. The molecule has 0 atom stereocenters. The smallest absolute Gasteiger partial charge is 0.331 e. The fraction of sp³-hybridized carbons (Fsp3) is 0.409. The highest BCUT2D eigenvalue weighted by Gasteiger charge is 2.10. The number of anilines is 1. The maximum absolute atomic E-state index is 11.9. The molecule has 0 aliphatic carbocycles. The number of unbranched alkanes of at least 4 members (excludes halogenated alkanes) is 1. The van der Waals surface area contributed by atoms with Gasteiger partial charge in [-0.3, -0.25) is 9.48 Å². The number of carbonyl (C=O) groups excluding carboxylic acids is 2. The van der Waals surface area contributed by atoms with Crippen LogP contribution in [0, 0.1) is 6.92 Å². The highest BCUT2D eigenvalue weighted by Crippen LogP contribution is 2.29. The van der Waals surface area contributed by atoms with Gasteiger partial charge in [-0.05, 0) is 44.0 Å². The minimum atomic E-state index is -0.618. The van der Waals surface area contributed by atoms with Crippen molar-refractivity contribution in [1.82, 2.24) is 9.78 Å². The molecule has 162 valence electrons. The fourth-order valence-corrected chi connectivity index (χ4v) is 2.60. The van der Waals surface area contributed by atoms with E-state index in [0.29, 0.717) is 30.5 Å². The van der Waals surface area contributed by atoms with Gasteiger partial charge in [0.25, 0.3) is 5.91 Å². The van der Waals surface area contributed by atoms with Crippen LogP contribution >= 0.6 is 0 Å². The van der Waals surface area contributed by atoms with Crippen molar-refractivity contribution in [2.75, 3.05) is 25.1 Å². The Morgan fingerprint density at radius 3 is 2.63 bits per heavy atom. The average Bonchev–Trinajstić information content (AvgIpc) is 3.03. The number of carbonyl (C=O) groups is 2. The van der Waals surface area contributed by atoms with Crippen molar-refractivity contribution in [2.24, 2.45) is 7.05 Å². The molecule has 1 heterocycles. The largest absolute Gasteiger partial charge is 0.490 e. The maximum Gasteiger partial charge on any atom is 0.331 e. The Balaban J connectivity index is 1.89. The monoisotopic (exact) mass is 415 g/mol. The number of aromatic nitrogens is 2. The molecule has 0 spiro atoms. The van der Waals surface area contributed by atoms with Gasteiger partial charge >= 0.3 is 5.97 Å². The van der Waals surface area contributed by atoms with Crippen LogP contribution in [-0.2, 0) is 21.4 Å². The van der Waals surface area contributed by atoms with E-state index in [4.69, 9.17) is 14.2 Å². The van der Waals surface area contributed by atoms with E-state index in [1.54, 1.807) is 29.9 Å². The molecule has 0 saturated carbocycles. The van der Waals surface area contributed by atoms with Crippen molar-refractivity contribution in [3.8, 4) is 11.5 Å². The number of rotatable bonds is 11. The molecule has 1 aromatic heterocycles. The van der Waals surface area contributed by atoms with E-state index in [1.807, 2.05) is 26.0 Å². The van der Waals surface area contributed by atoms with E-state index in [-0.39, 0.29) is 6.61 Å². The Hall–Kier alpha value is -3.29. The average molecular weight is 415 g/mol. The van der Waals surface area contributed by atoms with Gasteiger partial charge in [0.05, 0.1) is 18.9 Å². The number of aryl methyl sites for hydroxylation is 2. The summed E-state index contributed by atoms with van der Waals surface area (Å²) in [5.41, 5.74) is 1.54. The zero-order chi connectivity index (χ0) is 21.9. The lowest BCUT2D eigenvalue weighted by molar-refractivity contribution is -0.142. The molecule has 0 aliphatic heterocycles. The van der Waals surface area contributed by atoms with Gasteiger partial charge in [-0.25, -0.2) is 4.79 Å². The maximum atomic E-state index is 11.9. The number of esters is 1. The molecule has 8 heteroatoms. The Morgan fingerprint density at radius 1 is 1.17 bits per heavy atom. The number of nitrogens with zero attached hydrogens (tertiary/aromatic N) is 2. The highest BCUT2D eigenvalue weighted by atomic mass is 16.5. The molecule has 8 nitrogen and oxygen atoms in total. The van der Waals surface area contributed by atoms with Crippen molar-refractivity contribution < 1.29 is 23.8 Å². The van der Waals surface area contributed by atoms with E-state index in [0.717, 1.165) is 24.1 Å². The van der Waals surface area contributed by atoms with Crippen LogP contribution in [0.5, 0.6) is 11.5 Å². The van der Waals surface area contributed by atoms with Crippen molar-refractivity contribution in [1.29, 1.82) is 0 Å². The van der Waals surface area contributed by atoms with E-state index in [2.05, 4.69) is 17.3 Å². The first-order chi connectivity index (χ1) is 14.4. The van der Waals surface area contributed by atoms with Crippen LogP contribution in [0.25, 0.3) is 6.08 Å². The minimum Gasteiger partial charge on any atom is -0.490 e. The SMILES string of the molecule is CCCCOc1ccc(/C=C/C(=O)OCC(=O)Nc2cc(C)nn2C)cc1OCC. The van der Waals surface area contributed by atoms with Crippen LogP contribution in [0.3, 0.4) is 0 Å². The molecular weight excluding hydrogens is 386 g/mol. The lowest BCUT2D eigenvalue weighted by Crippen LogP contribution is -2.21. The number of hydrogen-bond donors (Lipinski definition) is 1. The van der Waals surface area contributed by atoms with Gasteiger partial charge in [-0.15, -0.1) is 0 Å². The first kappa shape index (κ1) is 23.0. The Labute approximate surface area is 176 Å². The predicted molar refractivity (Wildman–Crippen MR) is 115 cm³/mol. The topological polar surface area (TPSA) is 91.7 Å². The number of hydrogen-bond acceptors (Lipinski definition) is 6. The number of amides is 1. The zero-order valence-corrected chi connectivity index (χ0v) is 17.9. The van der Waals surface area contributed by atoms with Gasteiger partial charge in [0.2, 0.25) is 0 Å². The zero-order valence-electron chi connectivity index (χ0n) is 17.9. The van der Waals surface area contributed by atoms with Crippen LogP contribution in [0.4, 0.5) is 5.82 Å². The molecule has 0 fully saturated rings. The summed E-state index contributed by atoms with van der Waals surface area (Å²) in [6.07, 6.45) is 4.88. The molecule has 2 aromatic rings. The van der Waals surface area contributed by atoms with E-state index < -0.39 is 11.9 Å². The second kappa shape index (κ2) is 11.6. The minimum absolute atomic E-state index is 0.387. The Morgan fingerprint density at radius 2 is 1.97 bits per heavy atom. The van der Waals surface area contributed by atoms with Gasteiger partial charge in [-0.1, -0.05) is 19.4 Å². The van der Waals surface area contributed by atoms with Crippen LogP contribution < -0.4 is 14.8 Å². The van der Waals surface area contributed by atoms with Crippen molar-refractivity contribution >= 4 is 23.8 Å².